The van der Waals surface area contributed by atoms with E-state index in [1.54, 1.807) is 23.1 Å². The summed E-state index contributed by atoms with van der Waals surface area (Å²) in [7, 11) is 0. The maximum atomic E-state index is 9.54. The molecule has 12 heavy (non-hydrogen) atoms. The van der Waals surface area contributed by atoms with E-state index in [1.165, 1.54) is 5.56 Å². The molecule has 0 aromatic carbocycles. The summed E-state index contributed by atoms with van der Waals surface area (Å²) in [6, 6.07) is 2.08. The summed E-state index contributed by atoms with van der Waals surface area (Å²) in [6.45, 7) is 0. The summed E-state index contributed by atoms with van der Waals surface area (Å²) in [5.74, 6) is 1.05. The molecular weight excluding hydrogens is 188 g/mol. The van der Waals surface area contributed by atoms with Gasteiger partial charge in [-0.25, -0.2) is 0 Å². The molecule has 1 unspecified atom stereocenters. The van der Waals surface area contributed by atoms with Gasteiger partial charge in [0, 0.05) is 0 Å². The molecule has 0 saturated carbocycles. The first-order valence-corrected chi connectivity index (χ1v) is 6.34. The van der Waals surface area contributed by atoms with Gasteiger partial charge in [-0.3, -0.25) is 0 Å². The monoisotopic (exact) mass is 202 g/mol. The minimum absolute atomic E-state index is 0.160. The van der Waals surface area contributed by atoms with Gasteiger partial charge in [-0.1, -0.05) is 0 Å². The number of aliphatic hydroxyl groups excluding tert-OH is 1. The zero-order valence-electron chi connectivity index (χ0n) is 7.19. The van der Waals surface area contributed by atoms with E-state index in [4.69, 9.17) is 0 Å². The van der Waals surface area contributed by atoms with Crippen molar-refractivity contribution in [2.75, 3.05) is 12.0 Å². The Morgan fingerprint density at radius 2 is 2.50 bits per heavy atom. The molecule has 0 radical (unpaired) electrons. The minimum atomic E-state index is -0.160. The molecule has 0 spiro atoms. The Morgan fingerprint density at radius 3 is 3.08 bits per heavy atom. The molecule has 68 valence electrons. The van der Waals surface area contributed by atoms with Crippen LogP contribution in [0, 0.1) is 0 Å². The van der Waals surface area contributed by atoms with Crippen LogP contribution in [0.4, 0.5) is 0 Å². The molecule has 1 heterocycles. The van der Waals surface area contributed by atoms with Gasteiger partial charge in [0.05, 0.1) is 6.10 Å². The fourth-order valence-corrected chi connectivity index (χ4v) is 2.23. The van der Waals surface area contributed by atoms with E-state index in [1.807, 2.05) is 0 Å². The molecular formula is C9H14OS2. The van der Waals surface area contributed by atoms with Crippen LogP contribution >= 0.6 is 23.1 Å². The Hall–Kier alpha value is 0.01000. The van der Waals surface area contributed by atoms with Gasteiger partial charge in [0.1, 0.15) is 0 Å². The van der Waals surface area contributed by atoms with Gasteiger partial charge in [0.2, 0.25) is 0 Å². The second kappa shape index (κ2) is 5.62. The lowest BCUT2D eigenvalue weighted by molar-refractivity contribution is 0.172. The molecule has 3 heteroatoms. The summed E-state index contributed by atoms with van der Waals surface area (Å²) in [4.78, 5) is 0. The largest absolute Gasteiger partial charge is 0.393 e. The minimum Gasteiger partial charge on any atom is -0.393 e. The highest BCUT2D eigenvalue weighted by Gasteiger charge is 2.04. The van der Waals surface area contributed by atoms with E-state index >= 15 is 0 Å². The average Bonchev–Trinajstić information content (AvgIpc) is 2.53. The molecule has 1 atom stereocenters. The van der Waals surface area contributed by atoms with Crippen molar-refractivity contribution in [2.45, 2.75) is 18.9 Å². The van der Waals surface area contributed by atoms with Crippen LogP contribution in [0.25, 0.3) is 0 Å². The van der Waals surface area contributed by atoms with Crippen LogP contribution in [0.2, 0.25) is 0 Å². The van der Waals surface area contributed by atoms with Gasteiger partial charge >= 0.3 is 0 Å². The summed E-state index contributed by atoms with van der Waals surface area (Å²) >= 11 is 3.47. The van der Waals surface area contributed by atoms with Crippen LogP contribution < -0.4 is 0 Å². The van der Waals surface area contributed by atoms with Crippen LogP contribution in [0.1, 0.15) is 12.0 Å². The second-order valence-corrected chi connectivity index (χ2v) is 4.54. The maximum Gasteiger partial charge on any atom is 0.0588 e. The third-order valence-electron chi connectivity index (χ3n) is 1.71. The van der Waals surface area contributed by atoms with Crippen LogP contribution in [-0.2, 0) is 6.42 Å². The first-order valence-electron chi connectivity index (χ1n) is 4.01. The zero-order valence-corrected chi connectivity index (χ0v) is 8.83. The van der Waals surface area contributed by atoms with Crippen LogP contribution in [-0.4, -0.2) is 23.2 Å². The lowest BCUT2D eigenvalue weighted by atomic mass is 10.1. The Kier molecular flexibility index (Phi) is 4.73. The molecule has 0 aliphatic carbocycles. The van der Waals surface area contributed by atoms with Crippen LogP contribution in [0.3, 0.4) is 0 Å². The summed E-state index contributed by atoms with van der Waals surface area (Å²) in [5.41, 5.74) is 1.26. The lowest BCUT2D eigenvalue weighted by Crippen LogP contribution is -2.10. The van der Waals surface area contributed by atoms with Gasteiger partial charge in [0.15, 0.2) is 0 Å². The highest BCUT2D eigenvalue weighted by Crippen LogP contribution is 2.11. The molecule has 0 amide bonds. The molecule has 1 aromatic heterocycles. The SMILES string of the molecule is CSCCC(O)Cc1ccsc1. The van der Waals surface area contributed by atoms with E-state index in [9.17, 15) is 5.11 Å². The zero-order chi connectivity index (χ0) is 8.81. The molecule has 1 nitrogen and oxygen atoms in total. The van der Waals surface area contributed by atoms with Crippen molar-refractivity contribution in [2.24, 2.45) is 0 Å². The predicted molar refractivity (Wildman–Crippen MR) is 57.0 cm³/mol. The van der Waals surface area contributed by atoms with Crippen molar-refractivity contribution in [3.05, 3.63) is 22.4 Å². The Bertz CT molecular complexity index is 196. The standard InChI is InChI=1S/C9H14OS2/c1-11-4-3-9(10)6-8-2-5-12-7-8/h2,5,7,9-10H,3-4,6H2,1H3. The first kappa shape index (κ1) is 10.1. The van der Waals surface area contributed by atoms with Crippen molar-refractivity contribution >= 4 is 23.1 Å². The average molecular weight is 202 g/mol. The van der Waals surface area contributed by atoms with Crippen molar-refractivity contribution in [3.8, 4) is 0 Å². The van der Waals surface area contributed by atoms with E-state index in [-0.39, 0.29) is 6.10 Å². The van der Waals surface area contributed by atoms with E-state index in [0.29, 0.717) is 0 Å². The number of aliphatic hydroxyl groups is 1. The van der Waals surface area contributed by atoms with Gasteiger partial charge in [-0.15, -0.1) is 0 Å². The van der Waals surface area contributed by atoms with Gasteiger partial charge in [0.25, 0.3) is 0 Å². The third kappa shape index (κ3) is 3.61. The second-order valence-electron chi connectivity index (χ2n) is 2.77. The lowest BCUT2D eigenvalue weighted by Gasteiger charge is -2.07. The van der Waals surface area contributed by atoms with Gasteiger partial charge in [-0.2, -0.15) is 23.1 Å². The van der Waals surface area contributed by atoms with Crippen molar-refractivity contribution in [3.63, 3.8) is 0 Å². The Balaban J connectivity index is 2.22. The highest BCUT2D eigenvalue weighted by atomic mass is 32.2. The number of rotatable bonds is 5. The smallest absolute Gasteiger partial charge is 0.0588 e. The first-order chi connectivity index (χ1) is 5.83. The van der Waals surface area contributed by atoms with E-state index in [0.717, 1.165) is 18.6 Å². The molecule has 1 aromatic rings. The van der Waals surface area contributed by atoms with Crippen molar-refractivity contribution < 1.29 is 5.11 Å². The fraction of sp³-hybridized carbons (Fsp3) is 0.556. The maximum absolute atomic E-state index is 9.54. The third-order valence-corrected chi connectivity index (χ3v) is 3.08. The van der Waals surface area contributed by atoms with Crippen molar-refractivity contribution in [1.82, 2.24) is 0 Å². The molecule has 0 saturated heterocycles. The van der Waals surface area contributed by atoms with Gasteiger partial charge < -0.3 is 5.11 Å². The highest BCUT2D eigenvalue weighted by molar-refractivity contribution is 7.98. The molecule has 0 aliphatic rings. The summed E-state index contributed by atoms with van der Waals surface area (Å²) in [6.07, 6.45) is 3.62. The topological polar surface area (TPSA) is 20.2 Å². The van der Waals surface area contributed by atoms with Crippen molar-refractivity contribution in [1.29, 1.82) is 0 Å². The number of thiophene rings is 1. The summed E-state index contributed by atoms with van der Waals surface area (Å²) < 4.78 is 0. The normalized spacial score (nSPS) is 13.2. The van der Waals surface area contributed by atoms with Crippen LogP contribution in [0.5, 0.6) is 0 Å². The Morgan fingerprint density at radius 1 is 1.67 bits per heavy atom. The quantitative estimate of drug-likeness (QED) is 0.791. The van der Waals surface area contributed by atoms with E-state index < -0.39 is 0 Å². The number of thioether (sulfide) groups is 1. The number of hydrogen-bond donors (Lipinski definition) is 1. The predicted octanol–water partition coefficient (Wildman–Crippen LogP) is 2.40. The van der Waals surface area contributed by atoms with Gasteiger partial charge in [-0.05, 0) is 47.2 Å². The summed E-state index contributed by atoms with van der Waals surface area (Å²) in [5, 5.41) is 13.7. The molecule has 0 aliphatic heterocycles. The fourth-order valence-electron chi connectivity index (χ4n) is 1.04. The molecule has 0 bridgehead atoms. The number of hydrogen-bond acceptors (Lipinski definition) is 3. The molecule has 1 N–H and O–H groups in total. The molecule has 0 fully saturated rings. The molecule has 1 rings (SSSR count). The van der Waals surface area contributed by atoms with E-state index in [2.05, 4.69) is 23.1 Å². The Labute approximate surface area is 81.8 Å². The van der Waals surface area contributed by atoms with Crippen LogP contribution in [0.15, 0.2) is 16.8 Å².